The number of carboxylic acids is 1. The van der Waals surface area contributed by atoms with Crippen molar-refractivity contribution in [1.82, 2.24) is 0 Å². The number of aliphatic carboxylic acids is 1. The van der Waals surface area contributed by atoms with Gasteiger partial charge in [0.05, 0.1) is 0 Å². The molecule has 1 unspecified atom stereocenters. The zero-order valence-electron chi connectivity index (χ0n) is 41.9. The summed E-state index contributed by atoms with van der Waals surface area (Å²) in [6.07, 6.45) is 57.5. The van der Waals surface area contributed by atoms with Crippen molar-refractivity contribution < 1.29 is 24.3 Å². The molecule has 0 fully saturated rings. The van der Waals surface area contributed by atoms with Gasteiger partial charge in [-0.25, -0.2) is 0 Å². The number of allylic oxidation sites excluding steroid dienone is 6. The molecule has 6 heteroatoms. The Morgan fingerprint density at radius 1 is 0.349 bits per heavy atom. The maximum absolute atomic E-state index is 14.1. The maximum atomic E-state index is 14.1. The van der Waals surface area contributed by atoms with Gasteiger partial charge in [0.25, 0.3) is 0 Å². The molecule has 0 bridgehead atoms. The van der Waals surface area contributed by atoms with Crippen LogP contribution in [-0.2, 0) is 19.2 Å². The van der Waals surface area contributed by atoms with E-state index in [9.17, 15) is 24.3 Å². The Morgan fingerprint density at radius 3 is 0.746 bits per heavy atom. The van der Waals surface area contributed by atoms with Crippen LogP contribution in [0, 0.1) is 5.41 Å². The van der Waals surface area contributed by atoms with Crippen molar-refractivity contribution in [2.24, 2.45) is 11.1 Å². The monoisotopic (exact) mass is 882 g/mol. The summed E-state index contributed by atoms with van der Waals surface area (Å²) in [4.78, 5) is 54.9. The van der Waals surface area contributed by atoms with Gasteiger partial charge in [-0.3, -0.25) is 19.2 Å². The minimum Gasteiger partial charge on any atom is -0.480 e. The first-order valence-corrected chi connectivity index (χ1v) is 27.3. The second-order valence-corrected chi connectivity index (χ2v) is 18.9. The Hall–Kier alpha value is -2.34. The molecule has 0 aliphatic rings. The molecule has 0 radical (unpaired) electrons. The van der Waals surface area contributed by atoms with Crippen LogP contribution < -0.4 is 5.73 Å². The fourth-order valence-electron chi connectivity index (χ4n) is 8.83. The van der Waals surface area contributed by atoms with E-state index in [-0.39, 0.29) is 19.3 Å². The number of Topliss-reactive ketones (excluding diaryl/α,β-unsaturated/α-hetero) is 3. The largest absolute Gasteiger partial charge is 0.480 e. The van der Waals surface area contributed by atoms with Crippen molar-refractivity contribution >= 4 is 23.3 Å². The SMILES string of the molecule is CCCCCCCC/C=C\CCCCCCCC(=O)C(C(=O)CCCCCCC/C=C\CCCCCCCC)(C(=O)CCCCCCC/C=C\CCCCCCCC)C(N)C(=O)O. The Kier molecular flexibility index (Phi) is 44.5. The van der Waals surface area contributed by atoms with Crippen LogP contribution in [0.25, 0.3) is 0 Å². The van der Waals surface area contributed by atoms with E-state index < -0.39 is 34.8 Å². The number of carbonyl (C=O) groups is 4. The van der Waals surface area contributed by atoms with Crippen molar-refractivity contribution in [3.8, 4) is 0 Å². The van der Waals surface area contributed by atoms with Gasteiger partial charge in [0, 0.05) is 19.3 Å². The van der Waals surface area contributed by atoms with E-state index in [1.165, 1.54) is 116 Å². The predicted molar refractivity (Wildman–Crippen MR) is 271 cm³/mol. The van der Waals surface area contributed by atoms with Crippen LogP contribution in [0.1, 0.15) is 290 Å². The maximum Gasteiger partial charge on any atom is 0.322 e. The normalized spacial score (nSPS) is 12.6. The second kappa shape index (κ2) is 46.2. The summed E-state index contributed by atoms with van der Waals surface area (Å²) < 4.78 is 0. The van der Waals surface area contributed by atoms with Crippen LogP contribution in [0.5, 0.6) is 0 Å². The number of ketones is 3. The van der Waals surface area contributed by atoms with Crippen molar-refractivity contribution in [2.75, 3.05) is 0 Å². The lowest BCUT2D eigenvalue weighted by molar-refractivity contribution is -0.159. The summed E-state index contributed by atoms with van der Waals surface area (Å²) in [5, 5.41) is 10.2. The molecule has 0 aromatic carbocycles. The van der Waals surface area contributed by atoms with Gasteiger partial charge in [0.1, 0.15) is 6.04 Å². The first kappa shape index (κ1) is 60.7. The van der Waals surface area contributed by atoms with Crippen molar-refractivity contribution in [3.05, 3.63) is 36.5 Å². The van der Waals surface area contributed by atoms with E-state index in [0.29, 0.717) is 19.3 Å². The summed E-state index contributed by atoms with van der Waals surface area (Å²) in [7, 11) is 0. The highest BCUT2D eigenvalue weighted by atomic mass is 16.4. The first-order chi connectivity index (χ1) is 30.8. The van der Waals surface area contributed by atoms with Crippen molar-refractivity contribution in [3.63, 3.8) is 0 Å². The second-order valence-electron chi connectivity index (χ2n) is 18.9. The first-order valence-electron chi connectivity index (χ1n) is 27.3. The fourth-order valence-corrected chi connectivity index (χ4v) is 8.83. The zero-order valence-corrected chi connectivity index (χ0v) is 41.9. The molecule has 0 aliphatic heterocycles. The highest BCUT2D eigenvalue weighted by molar-refractivity contribution is 6.27. The fraction of sp³-hybridized carbons (Fsp3) is 0.825. The molecular weight excluding hydrogens is 779 g/mol. The minimum absolute atomic E-state index is 0.00929. The lowest BCUT2D eigenvalue weighted by Crippen LogP contribution is -2.61. The highest BCUT2D eigenvalue weighted by Gasteiger charge is 2.57. The van der Waals surface area contributed by atoms with E-state index in [2.05, 4.69) is 57.2 Å². The third-order valence-electron chi connectivity index (χ3n) is 13.0. The third kappa shape index (κ3) is 33.8. The number of carboxylic acid groups (broad SMARTS) is 1. The minimum atomic E-state index is -2.30. The Balaban J connectivity index is 5.10. The van der Waals surface area contributed by atoms with E-state index in [1.54, 1.807) is 0 Å². The number of carbonyl (C=O) groups excluding carboxylic acids is 3. The van der Waals surface area contributed by atoms with E-state index in [1.807, 2.05) is 0 Å². The van der Waals surface area contributed by atoms with Gasteiger partial charge >= 0.3 is 5.97 Å². The number of nitrogens with two attached hydrogens (primary N) is 1. The molecule has 0 amide bonds. The van der Waals surface area contributed by atoms with Gasteiger partial charge in [-0.2, -0.15) is 0 Å². The molecule has 63 heavy (non-hydrogen) atoms. The van der Waals surface area contributed by atoms with E-state index >= 15 is 0 Å². The number of unbranched alkanes of at least 4 members (excludes halogenated alkanes) is 33. The lowest BCUT2D eigenvalue weighted by atomic mass is 9.66. The topological polar surface area (TPSA) is 115 Å². The van der Waals surface area contributed by atoms with Crippen LogP contribution in [0.4, 0.5) is 0 Å². The van der Waals surface area contributed by atoms with Gasteiger partial charge < -0.3 is 10.8 Å². The number of hydrogen-bond acceptors (Lipinski definition) is 5. The highest BCUT2D eigenvalue weighted by Crippen LogP contribution is 2.33. The standard InChI is InChI=1S/C57H103NO5/c1-4-7-10-13-16-19-22-25-28-31-34-37-40-43-46-49-52(59)57(55(58)56(62)63,53(60)50-47-44-41-38-35-32-29-26-23-20-17-14-11-8-5-2)54(61)51-48-45-42-39-36-33-30-27-24-21-18-15-12-9-6-3/h25-30,55H,4-24,31-51,58H2,1-3H3,(H,62,63)/b28-25-,29-26-,30-27-. The average Bonchev–Trinajstić information content (AvgIpc) is 3.27. The predicted octanol–water partition coefficient (Wildman–Crippen LogP) is 17.2. The molecule has 0 saturated carbocycles. The Labute approximate surface area is 390 Å². The molecule has 3 N–H and O–H groups in total. The molecule has 366 valence electrons. The van der Waals surface area contributed by atoms with Gasteiger partial charge in [0.15, 0.2) is 22.8 Å². The molecular formula is C57H103NO5. The van der Waals surface area contributed by atoms with Crippen LogP contribution >= 0.6 is 0 Å². The van der Waals surface area contributed by atoms with Crippen molar-refractivity contribution in [2.45, 2.75) is 296 Å². The summed E-state index contributed by atoms with van der Waals surface area (Å²) in [5.74, 6) is -3.19. The Morgan fingerprint density at radius 2 is 0.540 bits per heavy atom. The molecule has 0 rings (SSSR count). The molecule has 1 atom stereocenters. The Bertz CT molecular complexity index is 1040. The molecule has 0 aromatic rings. The third-order valence-corrected chi connectivity index (χ3v) is 13.0. The molecule has 0 aliphatic carbocycles. The summed E-state index contributed by atoms with van der Waals surface area (Å²) in [6.45, 7) is 6.75. The number of rotatable bonds is 50. The van der Waals surface area contributed by atoms with Crippen molar-refractivity contribution in [1.29, 1.82) is 0 Å². The van der Waals surface area contributed by atoms with Crippen LogP contribution in [0.3, 0.4) is 0 Å². The molecule has 0 aromatic heterocycles. The van der Waals surface area contributed by atoms with Gasteiger partial charge in [-0.15, -0.1) is 0 Å². The van der Waals surface area contributed by atoms with E-state index in [0.717, 1.165) is 116 Å². The lowest BCUT2D eigenvalue weighted by Gasteiger charge is -2.33. The summed E-state index contributed by atoms with van der Waals surface area (Å²) in [5.41, 5.74) is 3.99. The molecule has 0 spiro atoms. The quantitative estimate of drug-likeness (QED) is 0.0357. The molecule has 6 nitrogen and oxygen atoms in total. The average molecular weight is 882 g/mol. The zero-order chi connectivity index (χ0) is 46.3. The molecule has 0 heterocycles. The van der Waals surface area contributed by atoms with Crippen LogP contribution in [0.2, 0.25) is 0 Å². The van der Waals surface area contributed by atoms with Gasteiger partial charge in [-0.05, 0) is 96.3 Å². The van der Waals surface area contributed by atoms with Crippen LogP contribution in [-0.4, -0.2) is 34.5 Å². The molecule has 0 saturated heterocycles. The van der Waals surface area contributed by atoms with E-state index in [4.69, 9.17) is 5.73 Å². The summed E-state index contributed by atoms with van der Waals surface area (Å²) in [6, 6.07) is -1.86. The van der Waals surface area contributed by atoms with Gasteiger partial charge in [0.2, 0.25) is 0 Å². The summed E-state index contributed by atoms with van der Waals surface area (Å²) >= 11 is 0. The number of hydrogen-bond donors (Lipinski definition) is 2. The van der Waals surface area contributed by atoms with Crippen LogP contribution in [0.15, 0.2) is 36.5 Å². The smallest absolute Gasteiger partial charge is 0.322 e. The van der Waals surface area contributed by atoms with Gasteiger partial charge in [-0.1, -0.05) is 211 Å².